The lowest BCUT2D eigenvalue weighted by molar-refractivity contribution is -0.144. The van der Waals surface area contributed by atoms with Gasteiger partial charge in [-0.25, -0.2) is 4.98 Å². The number of H-pyrrole nitrogens is 1. The minimum absolute atomic E-state index is 0.0683. The van der Waals surface area contributed by atoms with E-state index in [9.17, 15) is 4.79 Å². The Morgan fingerprint density at radius 1 is 1.27 bits per heavy atom. The molecule has 2 aromatic heterocycles. The van der Waals surface area contributed by atoms with Gasteiger partial charge in [-0.2, -0.15) is 0 Å². The van der Waals surface area contributed by atoms with Gasteiger partial charge in [0.25, 0.3) is 5.91 Å². The van der Waals surface area contributed by atoms with Gasteiger partial charge in [0.1, 0.15) is 6.04 Å². The number of rotatable bonds is 4. The van der Waals surface area contributed by atoms with Crippen LogP contribution in [0.2, 0.25) is 0 Å². The normalized spacial score (nSPS) is 17.6. The van der Waals surface area contributed by atoms with Crippen LogP contribution in [0.1, 0.15) is 34.7 Å². The molecule has 3 aromatic rings. The molecule has 0 saturated carbocycles. The van der Waals surface area contributed by atoms with Gasteiger partial charge in [-0.15, -0.1) is 0 Å². The standard InChI is InChI=1S/C20H20N4O2/c1-26-19(14-6-3-2-4-7-14)20(25)24-11-9-16-17(23-13-22-16)18(24)15-8-5-10-21-12-15/h2-8,10,12-13,18-19H,9,11H2,1H3,(H,22,23)/t18?,19-/m1/s1. The predicted octanol–water partition coefficient (Wildman–Crippen LogP) is 2.67. The zero-order valence-corrected chi connectivity index (χ0v) is 14.5. The van der Waals surface area contributed by atoms with Crippen molar-refractivity contribution in [2.24, 2.45) is 0 Å². The van der Waals surface area contributed by atoms with Crippen LogP contribution in [0.5, 0.6) is 0 Å². The van der Waals surface area contributed by atoms with Crippen LogP contribution in [0, 0.1) is 0 Å². The van der Waals surface area contributed by atoms with Gasteiger partial charge >= 0.3 is 0 Å². The molecule has 1 N–H and O–H groups in total. The van der Waals surface area contributed by atoms with Crippen molar-refractivity contribution in [2.45, 2.75) is 18.6 Å². The number of carbonyl (C=O) groups excluding carboxylic acids is 1. The number of nitrogens with zero attached hydrogens (tertiary/aromatic N) is 3. The number of imidazole rings is 1. The van der Waals surface area contributed by atoms with Gasteiger partial charge < -0.3 is 14.6 Å². The summed E-state index contributed by atoms with van der Waals surface area (Å²) in [7, 11) is 1.57. The number of hydrogen-bond acceptors (Lipinski definition) is 4. The third kappa shape index (κ3) is 2.88. The highest BCUT2D eigenvalue weighted by Crippen LogP contribution is 2.35. The van der Waals surface area contributed by atoms with Crippen LogP contribution >= 0.6 is 0 Å². The van der Waals surface area contributed by atoms with E-state index in [1.807, 2.05) is 47.4 Å². The first-order valence-corrected chi connectivity index (χ1v) is 8.60. The second-order valence-corrected chi connectivity index (χ2v) is 6.26. The van der Waals surface area contributed by atoms with Gasteiger partial charge in [-0.05, 0) is 17.2 Å². The van der Waals surface area contributed by atoms with Gasteiger partial charge in [-0.1, -0.05) is 36.4 Å². The Morgan fingerprint density at radius 2 is 2.12 bits per heavy atom. The number of hydrogen-bond donors (Lipinski definition) is 1. The molecule has 6 heteroatoms. The van der Waals surface area contributed by atoms with Gasteiger partial charge in [0.15, 0.2) is 6.10 Å². The largest absolute Gasteiger partial charge is 0.367 e. The quantitative estimate of drug-likeness (QED) is 0.787. The number of methoxy groups -OCH3 is 1. The molecule has 4 rings (SSSR count). The maximum atomic E-state index is 13.4. The third-order valence-corrected chi connectivity index (χ3v) is 4.77. The van der Waals surface area contributed by atoms with E-state index in [2.05, 4.69) is 15.0 Å². The number of benzene rings is 1. The SMILES string of the molecule is CO[C@@H](C(=O)N1CCc2[nH]cnc2C1c1cccnc1)c1ccccc1. The Balaban J connectivity index is 1.73. The lowest BCUT2D eigenvalue weighted by atomic mass is 9.95. The molecule has 0 radical (unpaired) electrons. The highest BCUT2D eigenvalue weighted by molar-refractivity contribution is 5.83. The molecule has 6 nitrogen and oxygen atoms in total. The smallest absolute Gasteiger partial charge is 0.257 e. The Morgan fingerprint density at radius 3 is 2.85 bits per heavy atom. The molecule has 0 spiro atoms. The molecule has 3 heterocycles. The molecule has 1 aliphatic heterocycles. The summed E-state index contributed by atoms with van der Waals surface area (Å²) in [5.41, 5.74) is 3.73. The van der Waals surface area contributed by atoms with Gasteiger partial charge in [0.2, 0.25) is 0 Å². The summed E-state index contributed by atoms with van der Waals surface area (Å²) in [5.74, 6) is -0.0683. The number of aromatic amines is 1. The molecule has 26 heavy (non-hydrogen) atoms. The lowest BCUT2D eigenvalue weighted by Crippen LogP contribution is -2.43. The summed E-state index contributed by atoms with van der Waals surface area (Å²) in [6, 6.07) is 13.2. The lowest BCUT2D eigenvalue weighted by Gasteiger charge is -2.37. The molecule has 2 atom stereocenters. The second kappa shape index (κ2) is 7.09. The Labute approximate surface area is 151 Å². The summed E-state index contributed by atoms with van der Waals surface area (Å²) < 4.78 is 5.57. The van der Waals surface area contributed by atoms with E-state index in [0.717, 1.165) is 28.9 Å². The molecule has 1 unspecified atom stereocenters. The molecule has 132 valence electrons. The monoisotopic (exact) mass is 348 g/mol. The summed E-state index contributed by atoms with van der Waals surface area (Å²) in [6.07, 6.45) is 5.30. The Kier molecular flexibility index (Phi) is 4.50. The van der Waals surface area contributed by atoms with Crippen molar-refractivity contribution in [3.63, 3.8) is 0 Å². The highest BCUT2D eigenvalue weighted by Gasteiger charge is 2.37. The van der Waals surface area contributed by atoms with Crippen LogP contribution in [0.15, 0.2) is 61.2 Å². The van der Waals surface area contributed by atoms with E-state index < -0.39 is 6.10 Å². The fraction of sp³-hybridized carbons (Fsp3) is 0.250. The van der Waals surface area contributed by atoms with Crippen LogP contribution in [0.25, 0.3) is 0 Å². The minimum Gasteiger partial charge on any atom is -0.367 e. The minimum atomic E-state index is -0.643. The van der Waals surface area contributed by atoms with Crippen molar-refractivity contribution in [1.29, 1.82) is 0 Å². The molecular weight excluding hydrogens is 328 g/mol. The fourth-order valence-corrected chi connectivity index (χ4v) is 3.55. The van der Waals surface area contributed by atoms with Gasteiger partial charge in [0.05, 0.1) is 12.0 Å². The molecule has 0 bridgehead atoms. The van der Waals surface area contributed by atoms with Crippen LogP contribution in [0.4, 0.5) is 0 Å². The summed E-state index contributed by atoms with van der Waals surface area (Å²) in [6.45, 7) is 0.598. The first-order chi connectivity index (χ1) is 12.8. The van der Waals surface area contributed by atoms with Crippen molar-refractivity contribution in [3.8, 4) is 0 Å². The Bertz CT molecular complexity index is 879. The van der Waals surface area contributed by atoms with Crippen LogP contribution < -0.4 is 0 Å². The van der Waals surface area contributed by atoms with Crippen molar-refractivity contribution < 1.29 is 9.53 Å². The fourth-order valence-electron chi connectivity index (χ4n) is 3.55. The Hall–Kier alpha value is -2.99. The average molecular weight is 348 g/mol. The highest BCUT2D eigenvalue weighted by atomic mass is 16.5. The number of nitrogens with one attached hydrogen (secondary N) is 1. The van der Waals surface area contributed by atoms with E-state index in [1.165, 1.54) is 0 Å². The molecule has 1 aliphatic rings. The average Bonchev–Trinajstić information content (AvgIpc) is 3.18. The second-order valence-electron chi connectivity index (χ2n) is 6.26. The topological polar surface area (TPSA) is 71.1 Å². The summed E-state index contributed by atoms with van der Waals surface area (Å²) >= 11 is 0. The van der Waals surface area contributed by atoms with Crippen molar-refractivity contribution in [3.05, 3.63) is 83.7 Å². The number of ether oxygens (including phenoxy) is 1. The number of amides is 1. The van der Waals surface area contributed by atoms with E-state index >= 15 is 0 Å². The first kappa shape index (κ1) is 16.5. The van der Waals surface area contributed by atoms with Crippen molar-refractivity contribution in [2.75, 3.05) is 13.7 Å². The van der Waals surface area contributed by atoms with Crippen LogP contribution in [-0.4, -0.2) is 39.4 Å². The summed E-state index contributed by atoms with van der Waals surface area (Å²) in [5, 5.41) is 0. The number of fused-ring (bicyclic) bond motifs is 1. The zero-order valence-electron chi connectivity index (χ0n) is 14.5. The zero-order chi connectivity index (χ0) is 17.9. The maximum Gasteiger partial charge on any atom is 0.257 e. The molecule has 0 aliphatic carbocycles. The number of pyridine rings is 1. The maximum absolute atomic E-state index is 13.4. The van der Waals surface area contributed by atoms with Gasteiger partial charge in [0, 0.05) is 38.2 Å². The molecular formula is C20H20N4O2. The van der Waals surface area contributed by atoms with Crippen LogP contribution in [-0.2, 0) is 16.0 Å². The molecule has 1 amide bonds. The van der Waals surface area contributed by atoms with Crippen LogP contribution in [0.3, 0.4) is 0 Å². The predicted molar refractivity (Wildman–Crippen MR) is 96.3 cm³/mol. The number of carbonyl (C=O) groups is 1. The van der Waals surface area contributed by atoms with E-state index in [-0.39, 0.29) is 11.9 Å². The molecule has 1 aromatic carbocycles. The number of aromatic nitrogens is 3. The van der Waals surface area contributed by atoms with Crippen molar-refractivity contribution in [1.82, 2.24) is 19.9 Å². The molecule has 0 fully saturated rings. The third-order valence-electron chi connectivity index (χ3n) is 4.77. The summed E-state index contributed by atoms with van der Waals surface area (Å²) in [4.78, 5) is 27.1. The van der Waals surface area contributed by atoms with E-state index in [0.29, 0.717) is 6.54 Å². The molecule has 0 saturated heterocycles. The van der Waals surface area contributed by atoms with E-state index in [4.69, 9.17) is 4.74 Å². The van der Waals surface area contributed by atoms with E-state index in [1.54, 1.807) is 25.8 Å². The van der Waals surface area contributed by atoms with Crippen molar-refractivity contribution >= 4 is 5.91 Å². The first-order valence-electron chi connectivity index (χ1n) is 8.60. The van der Waals surface area contributed by atoms with Gasteiger partial charge in [-0.3, -0.25) is 9.78 Å².